The second-order valence-corrected chi connectivity index (χ2v) is 5.39. The molecule has 0 amide bonds. The van der Waals surface area contributed by atoms with Crippen LogP contribution in [0.15, 0.2) is 11.1 Å². The molecule has 0 heterocycles. The molecule has 10 heteroatoms. The summed E-state index contributed by atoms with van der Waals surface area (Å²) in [5.41, 5.74) is -1.16. The summed E-state index contributed by atoms with van der Waals surface area (Å²) < 4.78 is 63.0. The fraction of sp³-hybridized carbons (Fsp3) is 0.412. The summed E-state index contributed by atoms with van der Waals surface area (Å²) in [4.78, 5) is 39.0. The molecular formula is C17H17F4NO5. The summed E-state index contributed by atoms with van der Waals surface area (Å²) in [5.74, 6) is -12.9. The van der Waals surface area contributed by atoms with Crippen LogP contribution in [0.25, 0.3) is 0 Å². The number of benzene rings is 1. The van der Waals surface area contributed by atoms with Crippen molar-refractivity contribution in [1.29, 1.82) is 0 Å². The van der Waals surface area contributed by atoms with Crippen LogP contribution in [0, 0.1) is 29.2 Å². The number of esters is 2. The number of halogens is 4. The molecule has 2 atom stereocenters. The van der Waals surface area contributed by atoms with Gasteiger partial charge >= 0.3 is 11.9 Å². The molecule has 6 nitrogen and oxygen atoms in total. The maximum absolute atomic E-state index is 13.9. The van der Waals surface area contributed by atoms with Crippen LogP contribution in [-0.4, -0.2) is 43.2 Å². The lowest BCUT2D eigenvalue weighted by molar-refractivity contribution is -0.144. The molecule has 0 aromatic heterocycles. The lowest BCUT2D eigenvalue weighted by atomic mass is 9.97. The van der Waals surface area contributed by atoms with Crippen molar-refractivity contribution in [3.05, 3.63) is 34.9 Å². The smallest absolute Gasteiger partial charge is 0.322 e. The number of carbonyl (C=O) groups excluding carboxylic acids is 3. The first kappa shape index (κ1) is 22.3. The Morgan fingerprint density at radius 2 is 1.74 bits per heavy atom. The molecule has 0 aliphatic rings. The summed E-state index contributed by atoms with van der Waals surface area (Å²) in [6.45, 7) is 3.81. The number of aliphatic imine (C=N–C) groups is 1. The van der Waals surface area contributed by atoms with Crippen molar-refractivity contribution in [2.24, 2.45) is 10.9 Å². The molecular weight excluding hydrogens is 374 g/mol. The van der Waals surface area contributed by atoms with Gasteiger partial charge in [0.15, 0.2) is 35.0 Å². The SMILES string of the molecule is CCOC(=O)C(C=NC(C)COC(C)=O)C(=O)c1cc(F)c(F)c(F)c1F. The van der Waals surface area contributed by atoms with Gasteiger partial charge in [-0.2, -0.15) is 0 Å². The number of ketones is 1. The van der Waals surface area contributed by atoms with E-state index in [1.165, 1.54) is 20.8 Å². The third kappa shape index (κ3) is 5.87. The molecule has 0 saturated heterocycles. The lowest BCUT2D eigenvalue weighted by Gasteiger charge is -2.13. The largest absolute Gasteiger partial charge is 0.465 e. The molecule has 27 heavy (non-hydrogen) atoms. The Balaban J connectivity index is 3.19. The third-order valence-corrected chi connectivity index (χ3v) is 3.21. The van der Waals surface area contributed by atoms with E-state index >= 15 is 0 Å². The second-order valence-electron chi connectivity index (χ2n) is 5.39. The van der Waals surface area contributed by atoms with E-state index in [0.29, 0.717) is 0 Å². The standard InChI is InChI=1S/C17H17F4NO5/c1-4-26-17(25)11(6-22-8(2)7-27-9(3)23)16(24)10-5-12(18)14(20)15(21)13(10)19/h5-6,8,11H,4,7H2,1-3H3. The predicted molar refractivity (Wildman–Crippen MR) is 85.3 cm³/mol. The summed E-state index contributed by atoms with van der Waals surface area (Å²) in [6.07, 6.45) is 0.799. The maximum atomic E-state index is 13.9. The number of rotatable bonds is 8. The molecule has 0 aliphatic heterocycles. The van der Waals surface area contributed by atoms with Gasteiger partial charge < -0.3 is 9.47 Å². The first-order valence-electron chi connectivity index (χ1n) is 7.80. The number of nitrogens with zero attached hydrogens (tertiary/aromatic N) is 1. The normalized spacial score (nSPS) is 13.3. The quantitative estimate of drug-likeness (QED) is 0.129. The maximum Gasteiger partial charge on any atom is 0.322 e. The highest BCUT2D eigenvalue weighted by Crippen LogP contribution is 2.21. The Morgan fingerprint density at radius 1 is 1.11 bits per heavy atom. The Hall–Kier alpha value is -2.78. The van der Waals surface area contributed by atoms with Crippen LogP contribution < -0.4 is 0 Å². The first-order chi connectivity index (χ1) is 12.6. The topological polar surface area (TPSA) is 82.0 Å². The predicted octanol–water partition coefficient (Wildman–Crippen LogP) is 2.63. The highest BCUT2D eigenvalue weighted by molar-refractivity contribution is 6.18. The number of ether oxygens (including phenoxy) is 2. The Kier molecular flexibility index (Phi) is 8.07. The van der Waals surface area contributed by atoms with Gasteiger partial charge in [-0.3, -0.25) is 19.4 Å². The molecule has 1 rings (SSSR count). The van der Waals surface area contributed by atoms with Crippen LogP contribution in [0.3, 0.4) is 0 Å². The van der Waals surface area contributed by atoms with E-state index in [1.807, 2.05) is 0 Å². The van der Waals surface area contributed by atoms with Gasteiger partial charge in [0.05, 0.1) is 18.2 Å². The van der Waals surface area contributed by atoms with Gasteiger partial charge in [-0.15, -0.1) is 0 Å². The van der Waals surface area contributed by atoms with Crippen molar-refractivity contribution >= 4 is 23.9 Å². The van der Waals surface area contributed by atoms with Gasteiger partial charge in [0.25, 0.3) is 0 Å². The fourth-order valence-corrected chi connectivity index (χ4v) is 1.90. The van der Waals surface area contributed by atoms with Crippen molar-refractivity contribution in [1.82, 2.24) is 0 Å². The monoisotopic (exact) mass is 391 g/mol. The van der Waals surface area contributed by atoms with Crippen LogP contribution in [-0.2, 0) is 19.1 Å². The molecule has 0 saturated carbocycles. The Morgan fingerprint density at radius 3 is 2.30 bits per heavy atom. The zero-order valence-electron chi connectivity index (χ0n) is 14.7. The number of hydrogen-bond acceptors (Lipinski definition) is 6. The van der Waals surface area contributed by atoms with Crippen molar-refractivity contribution in [2.75, 3.05) is 13.2 Å². The van der Waals surface area contributed by atoms with Crippen LogP contribution in [0.2, 0.25) is 0 Å². The average Bonchev–Trinajstić information content (AvgIpc) is 2.61. The van der Waals surface area contributed by atoms with Gasteiger partial charge in [-0.25, -0.2) is 17.6 Å². The molecule has 1 aromatic carbocycles. The van der Waals surface area contributed by atoms with Gasteiger partial charge in [-0.05, 0) is 19.9 Å². The summed E-state index contributed by atoms with van der Waals surface area (Å²) in [6, 6.07) is -0.525. The van der Waals surface area contributed by atoms with Crippen LogP contribution >= 0.6 is 0 Å². The number of carbonyl (C=O) groups is 3. The van der Waals surface area contributed by atoms with E-state index in [2.05, 4.69) is 9.73 Å². The highest BCUT2D eigenvalue weighted by atomic mass is 19.2. The highest BCUT2D eigenvalue weighted by Gasteiger charge is 2.32. The van der Waals surface area contributed by atoms with E-state index in [1.54, 1.807) is 0 Å². The first-order valence-corrected chi connectivity index (χ1v) is 7.80. The second kappa shape index (κ2) is 9.79. The van der Waals surface area contributed by atoms with E-state index in [0.717, 1.165) is 6.21 Å². The molecule has 0 fully saturated rings. The van der Waals surface area contributed by atoms with Gasteiger partial charge in [0.1, 0.15) is 6.61 Å². The molecule has 1 aromatic rings. The zero-order valence-corrected chi connectivity index (χ0v) is 14.7. The van der Waals surface area contributed by atoms with Gasteiger partial charge in [0.2, 0.25) is 0 Å². The van der Waals surface area contributed by atoms with E-state index in [9.17, 15) is 31.9 Å². The Bertz CT molecular complexity index is 766. The van der Waals surface area contributed by atoms with Crippen LogP contribution in [0.5, 0.6) is 0 Å². The fourth-order valence-electron chi connectivity index (χ4n) is 1.90. The van der Waals surface area contributed by atoms with Crippen molar-refractivity contribution in [3.8, 4) is 0 Å². The van der Waals surface area contributed by atoms with Gasteiger partial charge in [0, 0.05) is 13.1 Å². The number of hydrogen-bond donors (Lipinski definition) is 0. The van der Waals surface area contributed by atoms with Gasteiger partial charge in [-0.1, -0.05) is 0 Å². The molecule has 0 bridgehead atoms. The summed E-state index contributed by atoms with van der Waals surface area (Å²) >= 11 is 0. The third-order valence-electron chi connectivity index (χ3n) is 3.21. The minimum Gasteiger partial charge on any atom is -0.465 e. The molecule has 0 N–H and O–H groups in total. The van der Waals surface area contributed by atoms with E-state index in [-0.39, 0.29) is 19.3 Å². The molecule has 0 aliphatic carbocycles. The van der Waals surface area contributed by atoms with Crippen LogP contribution in [0.4, 0.5) is 17.6 Å². The minimum atomic E-state index is -2.18. The lowest BCUT2D eigenvalue weighted by Crippen LogP contribution is -2.29. The van der Waals surface area contributed by atoms with Crippen molar-refractivity contribution < 1.29 is 41.4 Å². The molecule has 148 valence electrons. The molecule has 2 unspecified atom stereocenters. The minimum absolute atomic E-state index is 0.131. The van der Waals surface area contributed by atoms with Crippen LogP contribution in [0.1, 0.15) is 31.1 Å². The zero-order chi connectivity index (χ0) is 20.7. The summed E-state index contributed by atoms with van der Waals surface area (Å²) in [7, 11) is 0. The van der Waals surface area contributed by atoms with Crippen molar-refractivity contribution in [2.45, 2.75) is 26.8 Å². The molecule has 0 spiro atoms. The Labute approximate surface area is 152 Å². The average molecular weight is 391 g/mol. The van der Waals surface area contributed by atoms with Crippen molar-refractivity contribution in [3.63, 3.8) is 0 Å². The summed E-state index contributed by atoms with van der Waals surface area (Å²) in [5, 5.41) is 0. The number of Topliss-reactive ketones (excluding diaryl/α,β-unsaturated/α-hetero) is 1. The van der Waals surface area contributed by atoms with E-state index < -0.39 is 58.5 Å². The molecule has 0 radical (unpaired) electrons. The van der Waals surface area contributed by atoms with E-state index in [4.69, 9.17) is 4.74 Å².